The van der Waals surface area contributed by atoms with E-state index in [9.17, 15) is 14.7 Å². The van der Waals surface area contributed by atoms with Crippen molar-refractivity contribution in [1.82, 2.24) is 0 Å². The number of benzene rings is 1. The van der Waals surface area contributed by atoms with E-state index in [0.717, 1.165) is 0 Å². The number of ether oxygens (including phenoxy) is 2. The van der Waals surface area contributed by atoms with Gasteiger partial charge in [-0.25, -0.2) is 0 Å². The fraction of sp³-hybridized carbons (Fsp3) is 0.556. The summed E-state index contributed by atoms with van der Waals surface area (Å²) in [6.45, 7) is 5.68. The molecular formula is C18H26O5. The normalized spacial score (nSPS) is 13.7. The maximum absolute atomic E-state index is 11.4. The number of hydrogen-bond donors (Lipinski definition) is 1. The summed E-state index contributed by atoms with van der Waals surface area (Å²) in [7, 11) is 0. The van der Waals surface area contributed by atoms with Gasteiger partial charge in [-0.05, 0) is 37.8 Å². The van der Waals surface area contributed by atoms with Crippen LogP contribution in [0.5, 0.6) is 0 Å². The molecule has 1 N–H and O–H groups in total. The number of carbonyl (C=O) groups excluding carboxylic acids is 2. The van der Waals surface area contributed by atoms with E-state index in [1.165, 1.54) is 17.5 Å². The minimum absolute atomic E-state index is 0.175. The highest BCUT2D eigenvalue weighted by Crippen LogP contribution is 2.25. The molecule has 0 aliphatic heterocycles. The molecule has 0 heterocycles. The second-order valence-electron chi connectivity index (χ2n) is 5.29. The highest BCUT2D eigenvalue weighted by molar-refractivity contribution is 5.75. The number of aliphatic hydroxyl groups excluding tert-OH is 1. The average molecular weight is 322 g/mol. The Hall–Kier alpha value is -1.88. The first-order chi connectivity index (χ1) is 11.0. The van der Waals surface area contributed by atoms with E-state index < -0.39 is 24.0 Å². The molecule has 0 aromatic heterocycles. The molecule has 1 aromatic rings. The van der Waals surface area contributed by atoms with Crippen LogP contribution >= 0.6 is 0 Å². The van der Waals surface area contributed by atoms with Gasteiger partial charge in [0.1, 0.15) is 0 Å². The molecule has 128 valence electrons. The van der Waals surface area contributed by atoms with E-state index in [-0.39, 0.29) is 19.6 Å². The molecule has 0 saturated carbocycles. The number of fused-ring (bicyclic) bond motifs is 1. The summed E-state index contributed by atoms with van der Waals surface area (Å²) in [5.41, 5.74) is 3.06. The summed E-state index contributed by atoms with van der Waals surface area (Å²) in [5.74, 6) is -1.64. The van der Waals surface area contributed by atoms with Crippen LogP contribution in [0.1, 0.15) is 44.7 Å². The number of esters is 2. The molecule has 2 rings (SSSR count). The molecule has 2 unspecified atom stereocenters. The van der Waals surface area contributed by atoms with Crippen LogP contribution in [-0.4, -0.2) is 36.4 Å². The minimum atomic E-state index is -1.04. The summed E-state index contributed by atoms with van der Waals surface area (Å²) < 4.78 is 9.50. The van der Waals surface area contributed by atoms with Crippen LogP contribution in [0.2, 0.25) is 0 Å². The Balaban J connectivity index is 0.000000304. The zero-order chi connectivity index (χ0) is 17.2. The average Bonchev–Trinajstić information content (AvgIpc) is 3.28. The lowest BCUT2D eigenvalue weighted by molar-refractivity contribution is -0.155. The Morgan fingerprint density at radius 2 is 1.65 bits per heavy atom. The van der Waals surface area contributed by atoms with Gasteiger partial charge in [0.25, 0.3) is 0 Å². The summed E-state index contributed by atoms with van der Waals surface area (Å²) >= 11 is 0. The van der Waals surface area contributed by atoms with Crippen LogP contribution in [0.15, 0.2) is 24.3 Å². The van der Waals surface area contributed by atoms with Crippen molar-refractivity contribution in [1.29, 1.82) is 0 Å². The molecule has 1 aliphatic rings. The van der Waals surface area contributed by atoms with Crippen molar-refractivity contribution in [3.05, 3.63) is 35.4 Å². The topological polar surface area (TPSA) is 72.8 Å². The number of aliphatic hydroxyl groups is 1. The van der Waals surface area contributed by atoms with Crippen LogP contribution in [-0.2, 0) is 25.5 Å². The maximum Gasteiger partial charge on any atom is 0.311 e. The summed E-state index contributed by atoms with van der Waals surface area (Å²) in [6.07, 6.45) is 0.459. The standard InChI is InChI=1S/C11H20O5.C7H6/c1-4-8(11(14)16-6-3)9(12)7-10(13)15-5-2;1-2-4-7-5-6(7)3-1/h8-9,12H,4-7H2,1-3H3;1-4H,5H2. The third kappa shape index (κ3) is 6.82. The van der Waals surface area contributed by atoms with Gasteiger partial charge in [-0.3, -0.25) is 9.59 Å². The predicted octanol–water partition coefficient (Wildman–Crippen LogP) is 2.48. The zero-order valence-corrected chi connectivity index (χ0v) is 14.1. The van der Waals surface area contributed by atoms with Gasteiger partial charge in [-0.15, -0.1) is 0 Å². The van der Waals surface area contributed by atoms with Gasteiger partial charge in [0.15, 0.2) is 0 Å². The molecule has 23 heavy (non-hydrogen) atoms. The molecule has 0 saturated heterocycles. The van der Waals surface area contributed by atoms with E-state index in [1.54, 1.807) is 20.8 Å². The van der Waals surface area contributed by atoms with E-state index in [2.05, 4.69) is 24.3 Å². The number of hydrogen-bond acceptors (Lipinski definition) is 5. The molecule has 5 nitrogen and oxygen atoms in total. The molecule has 1 aromatic carbocycles. The van der Waals surface area contributed by atoms with Crippen molar-refractivity contribution in [2.45, 2.75) is 46.1 Å². The molecule has 0 fully saturated rings. The van der Waals surface area contributed by atoms with Gasteiger partial charge in [0, 0.05) is 0 Å². The Morgan fingerprint density at radius 3 is 2.09 bits per heavy atom. The second kappa shape index (κ2) is 10.0. The molecule has 5 heteroatoms. The van der Waals surface area contributed by atoms with Crippen LogP contribution < -0.4 is 0 Å². The van der Waals surface area contributed by atoms with Crippen molar-refractivity contribution < 1.29 is 24.2 Å². The Kier molecular flexibility index (Phi) is 8.33. The Labute approximate surface area is 137 Å². The third-order valence-corrected chi connectivity index (χ3v) is 3.55. The summed E-state index contributed by atoms with van der Waals surface area (Å²) in [4.78, 5) is 22.5. The molecule has 0 amide bonds. The van der Waals surface area contributed by atoms with Gasteiger partial charge >= 0.3 is 11.9 Å². The maximum atomic E-state index is 11.4. The van der Waals surface area contributed by atoms with Crippen LogP contribution in [0.4, 0.5) is 0 Å². The SMILES string of the molecule is CCOC(=O)CC(O)C(CC)C(=O)OCC.c1ccc2c(c1)C2. The van der Waals surface area contributed by atoms with E-state index >= 15 is 0 Å². The molecule has 0 bridgehead atoms. The Morgan fingerprint density at radius 1 is 1.09 bits per heavy atom. The lowest BCUT2D eigenvalue weighted by Crippen LogP contribution is -2.31. The van der Waals surface area contributed by atoms with Crippen molar-refractivity contribution in [2.75, 3.05) is 13.2 Å². The third-order valence-electron chi connectivity index (χ3n) is 3.55. The lowest BCUT2D eigenvalue weighted by Gasteiger charge is -2.18. The van der Waals surface area contributed by atoms with Gasteiger partial charge in [0.05, 0.1) is 31.7 Å². The summed E-state index contributed by atoms with van der Waals surface area (Å²) in [5, 5.41) is 9.70. The first kappa shape index (κ1) is 19.2. The fourth-order valence-electron chi connectivity index (χ4n) is 2.21. The molecular weight excluding hydrogens is 296 g/mol. The van der Waals surface area contributed by atoms with Crippen LogP contribution in [0.25, 0.3) is 0 Å². The zero-order valence-electron chi connectivity index (χ0n) is 14.1. The van der Waals surface area contributed by atoms with Gasteiger partial charge in [-0.2, -0.15) is 0 Å². The minimum Gasteiger partial charge on any atom is -0.466 e. The van der Waals surface area contributed by atoms with Crippen LogP contribution in [0.3, 0.4) is 0 Å². The quantitative estimate of drug-likeness (QED) is 0.793. The van der Waals surface area contributed by atoms with Crippen LogP contribution in [0, 0.1) is 5.92 Å². The second-order valence-corrected chi connectivity index (χ2v) is 5.29. The first-order valence-electron chi connectivity index (χ1n) is 8.10. The number of rotatable bonds is 7. The number of carbonyl (C=O) groups is 2. The first-order valence-corrected chi connectivity index (χ1v) is 8.10. The summed E-state index contributed by atoms with van der Waals surface area (Å²) in [6, 6.07) is 8.53. The fourth-order valence-corrected chi connectivity index (χ4v) is 2.21. The van der Waals surface area contributed by atoms with E-state index in [4.69, 9.17) is 9.47 Å². The van der Waals surface area contributed by atoms with E-state index in [1.807, 2.05) is 0 Å². The van der Waals surface area contributed by atoms with Crippen molar-refractivity contribution in [3.8, 4) is 0 Å². The monoisotopic (exact) mass is 322 g/mol. The molecule has 0 spiro atoms. The highest BCUT2D eigenvalue weighted by atomic mass is 16.5. The van der Waals surface area contributed by atoms with Gasteiger partial charge < -0.3 is 14.6 Å². The highest BCUT2D eigenvalue weighted by Gasteiger charge is 2.28. The molecule has 1 aliphatic carbocycles. The molecule has 2 atom stereocenters. The van der Waals surface area contributed by atoms with Gasteiger partial charge in [0.2, 0.25) is 0 Å². The largest absolute Gasteiger partial charge is 0.466 e. The molecule has 0 radical (unpaired) electrons. The smallest absolute Gasteiger partial charge is 0.311 e. The van der Waals surface area contributed by atoms with Crippen molar-refractivity contribution >= 4 is 11.9 Å². The lowest BCUT2D eigenvalue weighted by atomic mass is 9.97. The van der Waals surface area contributed by atoms with Crippen molar-refractivity contribution in [2.24, 2.45) is 5.92 Å². The van der Waals surface area contributed by atoms with Gasteiger partial charge in [-0.1, -0.05) is 31.2 Å². The van der Waals surface area contributed by atoms with E-state index in [0.29, 0.717) is 6.42 Å². The predicted molar refractivity (Wildman–Crippen MR) is 86.9 cm³/mol. The Bertz CT molecular complexity index is 491. The van der Waals surface area contributed by atoms with Crippen molar-refractivity contribution in [3.63, 3.8) is 0 Å².